The van der Waals surface area contributed by atoms with Crippen molar-refractivity contribution in [1.29, 1.82) is 0 Å². The predicted octanol–water partition coefficient (Wildman–Crippen LogP) is 2.95. The molecule has 0 radical (unpaired) electrons. The molecule has 1 aliphatic rings. The zero-order valence-corrected chi connectivity index (χ0v) is 18.9. The van der Waals surface area contributed by atoms with E-state index >= 15 is 0 Å². The summed E-state index contributed by atoms with van der Waals surface area (Å²) in [5.74, 6) is 0.893. The van der Waals surface area contributed by atoms with Crippen LogP contribution in [0.5, 0.6) is 0 Å². The zero-order chi connectivity index (χ0) is 23.8. The number of sulfonamides is 1. The van der Waals surface area contributed by atoms with Gasteiger partial charge in [-0.15, -0.1) is 10.2 Å². The minimum absolute atomic E-state index is 0.254. The minimum atomic E-state index is -4.45. The van der Waals surface area contributed by atoms with Crippen LogP contribution < -0.4 is 4.90 Å². The van der Waals surface area contributed by atoms with Gasteiger partial charge in [-0.2, -0.15) is 22.6 Å². The number of hydrogen-bond acceptors (Lipinski definition) is 6. The summed E-state index contributed by atoms with van der Waals surface area (Å²) in [7, 11) is -3.66. The molecular weight excluding hydrogens is 457 g/mol. The summed E-state index contributed by atoms with van der Waals surface area (Å²) in [6.07, 6.45) is -4.45. The van der Waals surface area contributed by atoms with Gasteiger partial charge in [0, 0.05) is 31.9 Å². The molecule has 33 heavy (non-hydrogen) atoms. The average molecular weight is 481 g/mol. The summed E-state index contributed by atoms with van der Waals surface area (Å²) in [5, 5.41) is 12.9. The summed E-state index contributed by atoms with van der Waals surface area (Å²) in [4.78, 5) is 1.95. The molecule has 1 saturated heterocycles. The molecule has 0 spiro atoms. The van der Waals surface area contributed by atoms with Gasteiger partial charge in [0.1, 0.15) is 0 Å². The van der Waals surface area contributed by atoms with Gasteiger partial charge in [-0.05, 0) is 49.7 Å². The Morgan fingerprint density at radius 3 is 2.03 bits per heavy atom. The molecule has 3 aromatic rings. The number of alkyl halides is 3. The number of piperazine rings is 1. The zero-order valence-electron chi connectivity index (χ0n) is 18.1. The molecule has 4 rings (SSSR count). The van der Waals surface area contributed by atoms with Gasteiger partial charge in [-0.1, -0.05) is 12.1 Å². The van der Waals surface area contributed by atoms with Crippen LogP contribution in [-0.4, -0.2) is 58.9 Å². The molecule has 0 atom stereocenters. The van der Waals surface area contributed by atoms with Crippen LogP contribution in [0.4, 0.5) is 19.0 Å². The Balaban J connectivity index is 1.37. The van der Waals surface area contributed by atoms with Gasteiger partial charge < -0.3 is 4.90 Å². The van der Waals surface area contributed by atoms with Crippen LogP contribution in [0.1, 0.15) is 22.5 Å². The van der Waals surface area contributed by atoms with E-state index in [1.807, 2.05) is 36.9 Å². The summed E-state index contributed by atoms with van der Waals surface area (Å²) in [5.41, 5.74) is 1.34. The second-order valence-corrected chi connectivity index (χ2v) is 9.89. The fourth-order valence-corrected chi connectivity index (χ4v) is 5.26. The summed E-state index contributed by atoms with van der Waals surface area (Å²) in [6.45, 7) is 5.20. The number of nitrogens with zero attached hydrogens (tertiary/aromatic N) is 6. The maximum absolute atomic E-state index is 12.8. The van der Waals surface area contributed by atoms with Gasteiger partial charge >= 0.3 is 6.18 Å². The first-order valence-corrected chi connectivity index (χ1v) is 11.9. The maximum Gasteiger partial charge on any atom is 0.416 e. The van der Waals surface area contributed by atoms with E-state index in [0.717, 1.165) is 23.5 Å². The molecule has 12 heteroatoms. The largest absolute Gasteiger partial charge is 0.416 e. The molecule has 0 N–H and O–H groups in total. The van der Waals surface area contributed by atoms with Gasteiger partial charge in [0.05, 0.1) is 17.0 Å². The standard InChI is InChI=1S/C21H23F3N6O2S/c1-15-13-16(2)30(27-15)20-8-7-19(25-26-20)28-9-11-29(12-10-28)33(31,32)14-17-3-5-18(6-4-17)21(22,23)24/h3-8,13H,9-12,14H2,1-2H3. The highest BCUT2D eigenvalue weighted by atomic mass is 32.2. The molecule has 176 valence electrons. The van der Waals surface area contributed by atoms with Crippen molar-refractivity contribution in [3.8, 4) is 5.82 Å². The average Bonchev–Trinajstić information content (AvgIpc) is 3.11. The highest BCUT2D eigenvalue weighted by molar-refractivity contribution is 7.88. The molecule has 3 heterocycles. The van der Waals surface area contributed by atoms with E-state index in [1.54, 1.807) is 4.68 Å². The van der Waals surface area contributed by atoms with Crippen molar-refractivity contribution in [2.24, 2.45) is 0 Å². The molecule has 1 aliphatic heterocycles. The van der Waals surface area contributed by atoms with Gasteiger partial charge in [0.15, 0.2) is 11.6 Å². The van der Waals surface area contributed by atoms with Crippen LogP contribution in [0.15, 0.2) is 42.5 Å². The third kappa shape index (κ3) is 5.17. The summed E-state index contributed by atoms with van der Waals surface area (Å²) >= 11 is 0. The Bertz CT molecular complexity index is 1220. The Morgan fingerprint density at radius 1 is 0.909 bits per heavy atom. The first kappa shape index (κ1) is 23.2. The first-order valence-electron chi connectivity index (χ1n) is 10.3. The van der Waals surface area contributed by atoms with E-state index in [4.69, 9.17) is 0 Å². The molecule has 0 aliphatic carbocycles. The second kappa shape index (κ2) is 8.75. The summed E-state index contributed by atoms with van der Waals surface area (Å²) in [6, 6.07) is 9.79. The highest BCUT2D eigenvalue weighted by Gasteiger charge is 2.31. The third-order valence-corrected chi connectivity index (χ3v) is 7.30. The molecule has 0 saturated carbocycles. The van der Waals surface area contributed by atoms with Crippen LogP contribution in [0.25, 0.3) is 5.82 Å². The van der Waals surface area contributed by atoms with E-state index in [9.17, 15) is 21.6 Å². The summed E-state index contributed by atoms with van der Waals surface area (Å²) < 4.78 is 66.7. The molecule has 1 fully saturated rings. The highest BCUT2D eigenvalue weighted by Crippen LogP contribution is 2.29. The third-order valence-electron chi connectivity index (χ3n) is 5.45. The Kier molecular flexibility index (Phi) is 6.14. The molecule has 0 bridgehead atoms. The van der Waals surface area contributed by atoms with Crippen LogP contribution in [0.2, 0.25) is 0 Å². The fraction of sp³-hybridized carbons (Fsp3) is 0.381. The normalized spacial score (nSPS) is 15.7. The minimum Gasteiger partial charge on any atom is -0.352 e. The number of anilines is 1. The van der Waals surface area contributed by atoms with E-state index in [2.05, 4.69) is 15.3 Å². The smallest absolute Gasteiger partial charge is 0.352 e. The van der Waals surface area contributed by atoms with Crippen LogP contribution >= 0.6 is 0 Å². The van der Waals surface area contributed by atoms with Gasteiger partial charge in [-0.25, -0.2) is 13.1 Å². The molecule has 8 nitrogen and oxygen atoms in total. The number of halogens is 3. The molecule has 0 unspecified atom stereocenters. The lowest BCUT2D eigenvalue weighted by Crippen LogP contribution is -2.49. The number of benzene rings is 1. The van der Waals surface area contributed by atoms with Crippen LogP contribution in [0, 0.1) is 13.8 Å². The number of aryl methyl sites for hydroxylation is 2. The monoisotopic (exact) mass is 480 g/mol. The van der Waals surface area contributed by atoms with Crippen molar-refractivity contribution in [3.63, 3.8) is 0 Å². The SMILES string of the molecule is Cc1cc(C)n(-c2ccc(N3CCN(S(=O)(=O)Cc4ccc(C(F)(F)F)cc4)CC3)nn2)n1. The van der Waals surface area contributed by atoms with Gasteiger partial charge in [0.2, 0.25) is 10.0 Å². The number of rotatable bonds is 5. The molecule has 0 amide bonds. The maximum atomic E-state index is 12.8. The fourth-order valence-electron chi connectivity index (χ4n) is 3.75. The lowest BCUT2D eigenvalue weighted by atomic mass is 10.1. The van der Waals surface area contributed by atoms with E-state index in [1.165, 1.54) is 16.4 Å². The van der Waals surface area contributed by atoms with Crippen molar-refractivity contribution in [2.75, 3.05) is 31.1 Å². The lowest BCUT2D eigenvalue weighted by Gasteiger charge is -2.34. The quantitative estimate of drug-likeness (QED) is 0.558. The predicted molar refractivity (Wildman–Crippen MR) is 116 cm³/mol. The Hall–Kier alpha value is -2.99. The van der Waals surface area contributed by atoms with E-state index in [-0.39, 0.29) is 18.8 Å². The Morgan fingerprint density at radius 2 is 1.52 bits per heavy atom. The van der Waals surface area contributed by atoms with E-state index in [0.29, 0.717) is 30.3 Å². The molecule has 2 aromatic heterocycles. The Labute approximate surface area is 189 Å². The van der Waals surface area contributed by atoms with Crippen molar-refractivity contribution >= 4 is 15.8 Å². The molecule has 1 aromatic carbocycles. The van der Waals surface area contributed by atoms with Crippen molar-refractivity contribution in [2.45, 2.75) is 25.8 Å². The van der Waals surface area contributed by atoms with Crippen molar-refractivity contribution in [3.05, 3.63) is 65.0 Å². The lowest BCUT2D eigenvalue weighted by molar-refractivity contribution is -0.137. The molecular formula is C21H23F3N6O2S. The van der Waals surface area contributed by atoms with E-state index < -0.39 is 21.8 Å². The second-order valence-electron chi connectivity index (χ2n) is 7.93. The number of aromatic nitrogens is 4. The number of hydrogen-bond donors (Lipinski definition) is 0. The first-order chi connectivity index (χ1) is 15.5. The van der Waals surface area contributed by atoms with Gasteiger partial charge in [-0.3, -0.25) is 0 Å². The van der Waals surface area contributed by atoms with Crippen LogP contribution in [-0.2, 0) is 22.0 Å². The van der Waals surface area contributed by atoms with Gasteiger partial charge in [0.25, 0.3) is 0 Å². The van der Waals surface area contributed by atoms with Crippen molar-refractivity contribution < 1.29 is 21.6 Å². The van der Waals surface area contributed by atoms with Crippen LogP contribution in [0.3, 0.4) is 0 Å². The van der Waals surface area contributed by atoms with Crippen molar-refractivity contribution in [1.82, 2.24) is 24.3 Å². The topological polar surface area (TPSA) is 84.2 Å².